The number of nitrogens with zero attached hydrogens (tertiary/aromatic N) is 3. The second-order valence-corrected chi connectivity index (χ2v) is 6.34. The van der Waals surface area contributed by atoms with Crippen molar-refractivity contribution in [3.8, 4) is 0 Å². The topological polar surface area (TPSA) is 75.9 Å². The highest BCUT2D eigenvalue weighted by molar-refractivity contribution is 5.69. The van der Waals surface area contributed by atoms with E-state index in [-0.39, 0.29) is 11.4 Å². The number of hydrogen-bond acceptors (Lipinski definition) is 5. The minimum absolute atomic E-state index is 0.142. The molecule has 0 saturated carbocycles. The first-order valence-corrected chi connectivity index (χ1v) is 7.34. The first-order chi connectivity index (χ1) is 10.7. The number of anilines is 1. The van der Waals surface area contributed by atoms with Crippen LogP contribution in [0.1, 0.15) is 20.8 Å². The van der Waals surface area contributed by atoms with Gasteiger partial charge in [-0.1, -0.05) is 0 Å². The maximum absolute atomic E-state index is 13.4. The third-order valence-electron chi connectivity index (χ3n) is 3.41. The van der Waals surface area contributed by atoms with Gasteiger partial charge < -0.3 is 14.5 Å². The van der Waals surface area contributed by atoms with Gasteiger partial charge in [0.05, 0.1) is 4.92 Å². The molecule has 2 rings (SSSR count). The highest BCUT2D eigenvalue weighted by atomic mass is 19.1. The van der Waals surface area contributed by atoms with Gasteiger partial charge in [-0.25, -0.2) is 9.18 Å². The Bertz CT molecular complexity index is 607. The fourth-order valence-electron chi connectivity index (χ4n) is 2.36. The lowest BCUT2D eigenvalue weighted by Gasteiger charge is -2.36. The Labute approximate surface area is 133 Å². The molecular formula is C15H20FN3O4. The SMILES string of the molecule is CC(C)(C)OC(=O)N1CCN(c2cc(F)ccc2[N+](=O)[O-])CC1. The van der Waals surface area contributed by atoms with E-state index in [1.807, 2.05) is 0 Å². The van der Waals surface area contributed by atoms with E-state index >= 15 is 0 Å². The van der Waals surface area contributed by atoms with Gasteiger partial charge in [0.15, 0.2) is 0 Å². The van der Waals surface area contributed by atoms with Crippen molar-refractivity contribution in [2.24, 2.45) is 0 Å². The summed E-state index contributed by atoms with van der Waals surface area (Å²) in [7, 11) is 0. The maximum Gasteiger partial charge on any atom is 0.410 e. The van der Waals surface area contributed by atoms with Crippen LogP contribution in [0.2, 0.25) is 0 Å². The average molecular weight is 325 g/mol. The number of halogens is 1. The number of amides is 1. The fourth-order valence-corrected chi connectivity index (χ4v) is 2.36. The highest BCUT2D eigenvalue weighted by Crippen LogP contribution is 2.29. The van der Waals surface area contributed by atoms with E-state index < -0.39 is 22.4 Å². The van der Waals surface area contributed by atoms with E-state index in [1.165, 1.54) is 0 Å². The molecule has 1 fully saturated rings. The largest absolute Gasteiger partial charge is 0.444 e. The zero-order valence-corrected chi connectivity index (χ0v) is 13.4. The molecule has 1 aliphatic rings. The Kier molecular flexibility index (Phi) is 4.72. The number of piperazine rings is 1. The second kappa shape index (κ2) is 6.39. The van der Waals surface area contributed by atoms with Crippen LogP contribution in [-0.2, 0) is 4.74 Å². The molecule has 0 atom stereocenters. The number of nitro groups is 1. The monoisotopic (exact) mass is 325 g/mol. The minimum atomic E-state index is -0.574. The van der Waals surface area contributed by atoms with Crippen molar-refractivity contribution in [1.29, 1.82) is 0 Å². The van der Waals surface area contributed by atoms with Crippen LogP contribution in [0.5, 0.6) is 0 Å². The summed E-state index contributed by atoms with van der Waals surface area (Å²) in [5.41, 5.74) is -0.480. The molecule has 23 heavy (non-hydrogen) atoms. The Morgan fingerprint density at radius 2 is 1.87 bits per heavy atom. The summed E-state index contributed by atoms with van der Waals surface area (Å²) in [6, 6.07) is 3.38. The van der Waals surface area contributed by atoms with E-state index in [0.717, 1.165) is 18.2 Å². The molecule has 1 aromatic rings. The maximum atomic E-state index is 13.4. The van der Waals surface area contributed by atoms with E-state index in [0.29, 0.717) is 26.2 Å². The van der Waals surface area contributed by atoms with E-state index in [9.17, 15) is 19.3 Å². The van der Waals surface area contributed by atoms with Gasteiger partial charge in [0.1, 0.15) is 17.1 Å². The van der Waals surface area contributed by atoms with Gasteiger partial charge in [0.25, 0.3) is 5.69 Å². The van der Waals surface area contributed by atoms with Gasteiger partial charge in [-0.15, -0.1) is 0 Å². The van der Waals surface area contributed by atoms with Gasteiger partial charge in [-0.05, 0) is 26.8 Å². The Morgan fingerprint density at radius 3 is 2.39 bits per heavy atom. The van der Waals surface area contributed by atoms with Gasteiger partial charge in [-0.2, -0.15) is 0 Å². The van der Waals surface area contributed by atoms with E-state index in [2.05, 4.69) is 0 Å². The molecule has 1 heterocycles. The summed E-state index contributed by atoms with van der Waals surface area (Å²) in [6.45, 7) is 6.85. The summed E-state index contributed by atoms with van der Waals surface area (Å²) in [6.07, 6.45) is -0.411. The summed E-state index contributed by atoms with van der Waals surface area (Å²) >= 11 is 0. The van der Waals surface area contributed by atoms with Gasteiger partial charge in [0, 0.05) is 38.3 Å². The number of carbonyl (C=O) groups excluding carboxylic acids is 1. The number of carbonyl (C=O) groups is 1. The van der Waals surface area contributed by atoms with Gasteiger partial charge in [-0.3, -0.25) is 10.1 Å². The van der Waals surface area contributed by atoms with Crippen molar-refractivity contribution < 1.29 is 18.8 Å². The van der Waals surface area contributed by atoms with Crippen molar-refractivity contribution in [1.82, 2.24) is 4.90 Å². The van der Waals surface area contributed by atoms with Crippen LogP contribution < -0.4 is 4.90 Å². The molecule has 126 valence electrons. The van der Waals surface area contributed by atoms with Crippen LogP contribution >= 0.6 is 0 Å². The molecule has 8 heteroatoms. The van der Waals surface area contributed by atoms with Gasteiger partial charge in [0.2, 0.25) is 0 Å². The molecule has 1 aliphatic heterocycles. The third-order valence-corrected chi connectivity index (χ3v) is 3.41. The first-order valence-electron chi connectivity index (χ1n) is 7.34. The number of rotatable bonds is 2. The molecule has 0 aliphatic carbocycles. The van der Waals surface area contributed by atoms with Crippen molar-refractivity contribution in [3.05, 3.63) is 34.1 Å². The quantitative estimate of drug-likeness (QED) is 0.617. The zero-order chi connectivity index (χ0) is 17.2. The van der Waals surface area contributed by atoms with Crippen LogP contribution in [0.4, 0.5) is 20.6 Å². The van der Waals surface area contributed by atoms with Crippen molar-refractivity contribution in [2.45, 2.75) is 26.4 Å². The standard InChI is InChI=1S/C15H20FN3O4/c1-15(2,3)23-14(20)18-8-6-17(7-9-18)13-10-11(16)4-5-12(13)19(21)22/h4-5,10H,6-9H2,1-3H3. The van der Waals surface area contributed by atoms with Crippen molar-refractivity contribution in [3.63, 3.8) is 0 Å². The Balaban J connectivity index is 2.06. The number of hydrogen-bond donors (Lipinski definition) is 0. The molecule has 0 aromatic heterocycles. The summed E-state index contributed by atoms with van der Waals surface area (Å²) in [5, 5.41) is 11.1. The molecular weight excluding hydrogens is 305 g/mol. The molecule has 0 N–H and O–H groups in total. The van der Waals surface area contributed by atoms with Crippen LogP contribution in [0.25, 0.3) is 0 Å². The minimum Gasteiger partial charge on any atom is -0.444 e. The Hall–Kier alpha value is -2.38. The number of ether oxygens (including phenoxy) is 1. The highest BCUT2D eigenvalue weighted by Gasteiger charge is 2.28. The second-order valence-electron chi connectivity index (χ2n) is 6.34. The normalized spacial score (nSPS) is 15.5. The van der Waals surface area contributed by atoms with Crippen molar-refractivity contribution >= 4 is 17.5 Å². The molecule has 7 nitrogen and oxygen atoms in total. The lowest BCUT2D eigenvalue weighted by molar-refractivity contribution is -0.384. The van der Waals surface area contributed by atoms with E-state index in [4.69, 9.17) is 4.74 Å². The summed E-state index contributed by atoms with van der Waals surface area (Å²) < 4.78 is 18.7. The third kappa shape index (κ3) is 4.30. The molecule has 1 aromatic carbocycles. The molecule has 1 saturated heterocycles. The van der Waals surface area contributed by atoms with Crippen LogP contribution in [-0.4, -0.2) is 47.7 Å². The van der Waals surface area contributed by atoms with Crippen molar-refractivity contribution in [2.75, 3.05) is 31.1 Å². The molecule has 0 unspecified atom stereocenters. The van der Waals surface area contributed by atoms with Crippen LogP contribution in [0.15, 0.2) is 18.2 Å². The lowest BCUT2D eigenvalue weighted by Crippen LogP contribution is -2.50. The lowest BCUT2D eigenvalue weighted by atomic mass is 10.2. The molecule has 0 spiro atoms. The Morgan fingerprint density at radius 1 is 1.26 bits per heavy atom. The number of nitro benzene ring substituents is 1. The average Bonchev–Trinajstić information content (AvgIpc) is 2.45. The first kappa shape index (κ1) is 17.0. The number of benzene rings is 1. The molecule has 1 amide bonds. The summed E-state index contributed by atoms with van der Waals surface area (Å²) in [4.78, 5) is 25.8. The predicted molar refractivity (Wildman–Crippen MR) is 83.1 cm³/mol. The van der Waals surface area contributed by atoms with E-state index in [1.54, 1.807) is 30.6 Å². The molecule has 0 radical (unpaired) electrons. The van der Waals surface area contributed by atoms with Gasteiger partial charge >= 0.3 is 6.09 Å². The van der Waals surface area contributed by atoms with Crippen LogP contribution in [0, 0.1) is 15.9 Å². The predicted octanol–water partition coefficient (Wildman–Crippen LogP) is 2.79. The van der Waals surface area contributed by atoms with Crippen LogP contribution in [0.3, 0.4) is 0 Å². The zero-order valence-electron chi connectivity index (χ0n) is 13.4. The smallest absolute Gasteiger partial charge is 0.410 e. The fraction of sp³-hybridized carbons (Fsp3) is 0.533. The molecule has 0 bridgehead atoms. The summed E-state index contributed by atoms with van der Waals surface area (Å²) in [5.74, 6) is -0.528.